The zero-order valence-electron chi connectivity index (χ0n) is 9.82. The fraction of sp³-hybridized carbons (Fsp3) is 0.417. The van der Waals surface area contributed by atoms with E-state index in [1.165, 1.54) is 0 Å². The highest BCUT2D eigenvalue weighted by atomic mass is 127. The van der Waals surface area contributed by atoms with Gasteiger partial charge in [0.15, 0.2) is 0 Å². The minimum Gasteiger partial charge on any atom is -0.347 e. The average molecular weight is 396 g/mol. The Morgan fingerprint density at radius 2 is 1.94 bits per heavy atom. The molecule has 2 nitrogen and oxygen atoms in total. The lowest BCUT2D eigenvalue weighted by Crippen LogP contribution is -2.41. The first-order chi connectivity index (χ1) is 7.22. The summed E-state index contributed by atoms with van der Waals surface area (Å²) in [6, 6.07) is 3.90. The van der Waals surface area contributed by atoms with Gasteiger partial charge in [-0.2, -0.15) is 0 Å². The van der Waals surface area contributed by atoms with Crippen LogP contribution in [0.4, 0.5) is 0 Å². The first-order valence-corrected chi connectivity index (χ1v) is 6.86. The summed E-state index contributed by atoms with van der Waals surface area (Å²) in [6.07, 6.45) is 0. The molecule has 1 aromatic carbocycles. The van der Waals surface area contributed by atoms with Crippen LogP contribution in [0, 0.1) is 10.5 Å². The number of carbonyl (C=O) groups is 1. The predicted octanol–water partition coefficient (Wildman–Crippen LogP) is 3.89. The molecule has 0 aliphatic carbocycles. The normalized spacial score (nSPS) is 11.4. The Labute approximate surface area is 118 Å². The van der Waals surface area contributed by atoms with E-state index in [4.69, 9.17) is 0 Å². The summed E-state index contributed by atoms with van der Waals surface area (Å²) in [5, 5.41) is 2.98. The molecule has 0 fully saturated rings. The Balaban J connectivity index is 3.14. The molecule has 0 spiro atoms. The Bertz CT molecular complexity index is 424. The van der Waals surface area contributed by atoms with Crippen molar-refractivity contribution in [3.8, 4) is 0 Å². The third-order valence-electron chi connectivity index (χ3n) is 2.06. The van der Waals surface area contributed by atoms with Crippen molar-refractivity contribution in [3.05, 3.63) is 31.3 Å². The van der Waals surface area contributed by atoms with E-state index < -0.39 is 0 Å². The average Bonchev–Trinajstić information content (AvgIpc) is 2.09. The number of amides is 1. The Morgan fingerprint density at radius 1 is 1.38 bits per heavy atom. The summed E-state index contributed by atoms with van der Waals surface area (Å²) in [7, 11) is 0. The molecule has 0 radical (unpaired) electrons. The highest BCUT2D eigenvalue weighted by Gasteiger charge is 2.19. The molecular weight excluding hydrogens is 381 g/mol. The maximum absolute atomic E-state index is 12.1. The van der Waals surface area contributed by atoms with Crippen molar-refractivity contribution in [1.82, 2.24) is 5.32 Å². The predicted molar refractivity (Wildman–Crippen MR) is 78.8 cm³/mol. The summed E-state index contributed by atoms with van der Waals surface area (Å²) in [5.74, 6) is -0.0179. The van der Waals surface area contributed by atoms with Gasteiger partial charge >= 0.3 is 0 Å². The van der Waals surface area contributed by atoms with Crippen LogP contribution >= 0.6 is 38.5 Å². The molecule has 0 aliphatic heterocycles. The lowest BCUT2D eigenvalue weighted by atomic mass is 10.1. The standard InChI is InChI=1S/C12H15BrINO/c1-7-8(13)5-6-9(14)10(7)11(16)15-12(2,3)4/h5-6H,1-4H3,(H,15,16). The minimum atomic E-state index is -0.213. The van der Waals surface area contributed by atoms with Crippen molar-refractivity contribution >= 4 is 44.4 Å². The van der Waals surface area contributed by atoms with Crippen molar-refractivity contribution in [1.29, 1.82) is 0 Å². The first kappa shape index (κ1) is 14.0. The minimum absolute atomic E-state index is 0.0179. The highest BCUT2D eigenvalue weighted by Crippen LogP contribution is 2.24. The van der Waals surface area contributed by atoms with E-state index in [2.05, 4.69) is 43.8 Å². The highest BCUT2D eigenvalue weighted by molar-refractivity contribution is 14.1. The zero-order valence-corrected chi connectivity index (χ0v) is 13.6. The number of hydrogen-bond acceptors (Lipinski definition) is 1. The van der Waals surface area contributed by atoms with E-state index >= 15 is 0 Å². The van der Waals surface area contributed by atoms with E-state index in [-0.39, 0.29) is 11.4 Å². The van der Waals surface area contributed by atoms with Crippen LogP contribution in [0.1, 0.15) is 36.7 Å². The molecule has 88 valence electrons. The van der Waals surface area contributed by atoms with Gasteiger partial charge in [0.05, 0.1) is 5.56 Å². The van der Waals surface area contributed by atoms with Crippen LogP contribution in [0.25, 0.3) is 0 Å². The molecule has 1 rings (SSSR count). The Hall–Kier alpha value is -0.100. The molecule has 0 heterocycles. The second kappa shape index (κ2) is 5.04. The van der Waals surface area contributed by atoms with Crippen molar-refractivity contribution in [2.45, 2.75) is 33.2 Å². The van der Waals surface area contributed by atoms with E-state index in [1.807, 2.05) is 39.8 Å². The third kappa shape index (κ3) is 3.45. The zero-order chi connectivity index (χ0) is 12.5. The molecule has 0 saturated carbocycles. The molecule has 1 amide bonds. The van der Waals surface area contributed by atoms with Crippen LogP contribution in [-0.4, -0.2) is 11.4 Å². The van der Waals surface area contributed by atoms with E-state index in [9.17, 15) is 4.79 Å². The van der Waals surface area contributed by atoms with Crippen LogP contribution in [0.5, 0.6) is 0 Å². The second-order valence-corrected chi connectivity index (χ2v) is 6.75. The van der Waals surface area contributed by atoms with Gasteiger partial charge in [-0.25, -0.2) is 0 Å². The van der Waals surface area contributed by atoms with E-state index in [0.717, 1.165) is 19.2 Å². The fourth-order valence-electron chi connectivity index (χ4n) is 1.34. The maximum atomic E-state index is 12.1. The molecule has 0 atom stereocenters. The number of benzene rings is 1. The van der Waals surface area contributed by atoms with Gasteiger partial charge in [-0.15, -0.1) is 0 Å². The van der Waals surface area contributed by atoms with Crippen LogP contribution < -0.4 is 5.32 Å². The summed E-state index contributed by atoms with van der Waals surface area (Å²) in [6.45, 7) is 7.88. The quantitative estimate of drug-likeness (QED) is 0.718. The fourth-order valence-corrected chi connectivity index (χ4v) is 2.49. The van der Waals surface area contributed by atoms with Gasteiger partial charge in [0.2, 0.25) is 0 Å². The lowest BCUT2D eigenvalue weighted by Gasteiger charge is -2.22. The van der Waals surface area contributed by atoms with Crippen molar-refractivity contribution in [2.24, 2.45) is 0 Å². The van der Waals surface area contributed by atoms with Gasteiger partial charge in [0.1, 0.15) is 0 Å². The van der Waals surface area contributed by atoms with Crippen molar-refractivity contribution in [3.63, 3.8) is 0 Å². The van der Waals surface area contributed by atoms with Crippen LogP contribution in [-0.2, 0) is 0 Å². The monoisotopic (exact) mass is 395 g/mol. The molecule has 0 unspecified atom stereocenters. The number of rotatable bonds is 1. The largest absolute Gasteiger partial charge is 0.347 e. The molecule has 0 aliphatic rings. The Morgan fingerprint density at radius 3 is 2.44 bits per heavy atom. The third-order valence-corrected chi connectivity index (χ3v) is 3.82. The summed E-state index contributed by atoms with van der Waals surface area (Å²) in [5.41, 5.74) is 1.52. The van der Waals surface area contributed by atoms with Crippen molar-refractivity contribution in [2.75, 3.05) is 0 Å². The van der Waals surface area contributed by atoms with Crippen LogP contribution in [0.3, 0.4) is 0 Å². The van der Waals surface area contributed by atoms with E-state index in [0.29, 0.717) is 0 Å². The Kier molecular flexibility index (Phi) is 4.40. The lowest BCUT2D eigenvalue weighted by molar-refractivity contribution is 0.0918. The molecular formula is C12H15BrINO. The number of hydrogen-bond donors (Lipinski definition) is 1. The summed E-state index contributed by atoms with van der Waals surface area (Å²) < 4.78 is 1.94. The SMILES string of the molecule is Cc1c(Br)ccc(I)c1C(=O)NC(C)(C)C. The smallest absolute Gasteiger partial charge is 0.253 e. The summed E-state index contributed by atoms with van der Waals surface area (Å²) in [4.78, 5) is 12.1. The molecule has 0 bridgehead atoms. The van der Waals surface area contributed by atoms with Gasteiger partial charge < -0.3 is 5.32 Å². The van der Waals surface area contributed by atoms with Gasteiger partial charge in [-0.1, -0.05) is 15.9 Å². The number of carbonyl (C=O) groups excluding carboxylic acids is 1. The molecule has 1 aromatic rings. The van der Waals surface area contributed by atoms with Crippen molar-refractivity contribution < 1.29 is 4.79 Å². The first-order valence-electron chi connectivity index (χ1n) is 4.99. The van der Waals surface area contributed by atoms with Crippen LogP contribution in [0.15, 0.2) is 16.6 Å². The summed E-state index contributed by atoms with van der Waals surface area (Å²) >= 11 is 5.63. The topological polar surface area (TPSA) is 29.1 Å². The van der Waals surface area contributed by atoms with Crippen LogP contribution in [0.2, 0.25) is 0 Å². The molecule has 4 heteroatoms. The second-order valence-electron chi connectivity index (χ2n) is 4.73. The van der Waals surface area contributed by atoms with Gasteiger partial charge in [0, 0.05) is 13.6 Å². The van der Waals surface area contributed by atoms with Gasteiger partial charge in [-0.3, -0.25) is 4.79 Å². The molecule has 16 heavy (non-hydrogen) atoms. The maximum Gasteiger partial charge on any atom is 0.253 e. The number of nitrogens with one attached hydrogen (secondary N) is 1. The molecule has 1 N–H and O–H groups in total. The molecule has 0 saturated heterocycles. The number of halogens is 2. The molecule has 0 aromatic heterocycles. The van der Waals surface area contributed by atoms with Gasteiger partial charge in [0.25, 0.3) is 5.91 Å². The van der Waals surface area contributed by atoms with Gasteiger partial charge in [-0.05, 0) is 68.0 Å². The van der Waals surface area contributed by atoms with E-state index in [1.54, 1.807) is 0 Å².